The monoisotopic (exact) mass is 231 g/mol. The molecule has 0 radical (unpaired) electrons. The molecule has 0 aliphatic carbocycles. The Hall–Kier alpha value is -1.98. The molecule has 17 heavy (non-hydrogen) atoms. The number of hydrogen-bond acceptors (Lipinski definition) is 4. The lowest BCUT2D eigenvalue weighted by molar-refractivity contribution is -0.136. The Morgan fingerprint density at radius 2 is 2.29 bits per heavy atom. The lowest BCUT2D eigenvalue weighted by Crippen LogP contribution is -2.40. The summed E-state index contributed by atoms with van der Waals surface area (Å²) in [6, 6.07) is 3.39. The molecule has 1 atom stereocenters. The van der Waals surface area contributed by atoms with E-state index in [2.05, 4.69) is 15.2 Å². The molecule has 1 saturated heterocycles. The normalized spacial score (nSPS) is 21.1. The molecule has 88 valence electrons. The summed E-state index contributed by atoms with van der Waals surface area (Å²) in [7, 11) is 1.82. The first-order chi connectivity index (χ1) is 8.25. The first-order valence-corrected chi connectivity index (χ1v) is 5.68. The van der Waals surface area contributed by atoms with E-state index in [1.807, 2.05) is 19.2 Å². The maximum atomic E-state index is 12.0. The number of rotatable bonds is 1. The minimum absolute atomic E-state index is 0.0801. The zero-order chi connectivity index (χ0) is 11.8. The van der Waals surface area contributed by atoms with Gasteiger partial charge in [-0.2, -0.15) is 9.90 Å². The van der Waals surface area contributed by atoms with Crippen molar-refractivity contribution < 1.29 is 4.79 Å². The van der Waals surface area contributed by atoms with Gasteiger partial charge in [0.15, 0.2) is 6.04 Å². The van der Waals surface area contributed by atoms with Gasteiger partial charge in [0.2, 0.25) is 11.6 Å². The third kappa shape index (κ3) is 1.65. The van der Waals surface area contributed by atoms with Crippen LogP contribution < -0.4 is 0 Å². The van der Waals surface area contributed by atoms with Crippen molar-refractivity contribution in [1.82, 2.24) is 24.9 Å². The summed E-state index contributed by atoms with van der Waals surface area (Å²) in [6.07, 6.45) is 3.46. The second-order valence-electron chi connectivity index (χ2n) is 4.28. The van der Waals surface area contributed by atoms with Crippen molar-refractivity contribution in [2.45, 2.75) is 18.9 Å². The van der Waals surface area contributed by atoms with E-state index in [1.165, 1.54) is 4.80 Å². The highest BCUT2D eigenvalue weighted by Crippen LogP contribution is 2.21. The predicted octanol–water partition coefficient (Wildman–Crippen LogP) is 0.620. The number of carbonyl (C=O) groups is 1. The summed E-state index contributed by atoms with van der Waals surface area (Å²) in [5, 5.41) is 8.59. The molecule has 2 aromatic heterocycles. The van der Waals surface area contributed by atoms with E-state index in [0.717, 1.165) is 24.9 Å². The Balaban J connectivity index is 2.00. The second kappa shape index (κ2) is 3.80. The van der Waals surface area contributed by atoms with Gasteiger partial charge in [-0.25, -0.2) is 4.98 Å². The molecule has 1 aliphatic rings. The number of aromatic nitrogens is 4. The molecule has 0 spiro atoms. The molecule has 1 unspecified atom stereocenters. The molecule has 0 saturated carbocycles. The summed E-state index contributed by atoms with van der Waals surface area (Å²) in [6.45, 7) is 0.814. The number of amides is 1. The maximum absolute atomic E-state index is 12.0. The van der Waals surface area contributed by atoms with E-state index in [-0.39, 0.29) is 11.9 Å². The fourth-order valence-electron chi connectivity index (χ4n) is 2.14. The number of piperidine rings is 1. The number of likely N-dealkylation sites (tertiary alicyclic amines) is 1. The van der Waals surface area contributed by atoms with E-state index in [9.17, 15) is 4.79 Å². The third-order valence-corrected chi connectivity index (χ3v) is 3.08. The second-order valence-corrected chi connectivity index (χ2v) is 4.28. The van der Waals surface area contributed by atoms with Crippen LogP contribution in [-0.2, 0) is 4.79 Å². The largest absolute Gasteiger partial charge is 0.344 e. The van der Waals surface area contributed by atoms with Crippen LogP contribution in [0.2, 0.25) is 0 Å². The molecular formula is C11H13N5O. The molecule has 2 aromatic rings. The smallest absolute Gasteiger partial charge is 0.249 e. The van der Waals surface area contributed by atoms with Gasteiger partial charge in [0.1, 0.15) is 5.52 Å². The first kappa shape index (κ1) is 10.2. The summed E-state index contributed by atoms with van der Waals surface area (Å²) in [4.78, 5) is 19.4. The number of hydrogen-bond donors (Lipinski definition) is 0. The maximum Gasteiger partial charge on any atom is 0.249 e. The number of nitrogens with zero attached hydrogens (tertiary/aromatic N) is 5. The molecule has 6 nitrogen and oxygen atoms in total. The van der Waals surface area contributed by atoms with Crippen molar-refractivity contribution in [3.05, 3.63) is 18.3 Å². The van der Waals surface area contributed by atoms with Gasteiger partial charge in [0, 0.05) is 19.8 Å². The molecule has 0 bridgehead atoms. The fraction of sp³-hybridized carbons (Fsp3) is 0.455. The highest BCUT2D eigenvalue weighted by atomic mass is 16.2. The van der Waals surface area contributed by atoms with Crippen LogP contribution in [0, 0.1) is 0 Å². The van der Waals surface area contributed by atoms with Crippen molar-refractivity contribution in [3.8, 4) is 0 Å². The minimum atomic E-state index is -0.275. The van der Waals surface area contributed by atoms with Gasteiger partial charge in [-0.1, -0.05) is 0 Å². The molecule has 3 heterocycles. The van der Waals surface area contributed by atoms with Crippen LogP contribution in [-0.4, -0.2) is 44.4 Å². The van der Waals surface area contributed by atoms with Crippen LogP contribution in [0.3, 0.4) is 0 Å². The number of carbonyl (C=O) groups excluding carboxylic acids is 1. The highest BCUT2D eigenvalue weighted by Gasteiger charge is 2.29. The van der Waals surface area contributed by atoms with Crippen LogP contribution >= 0.6 is 0 Å². The molecular weight excluding hydrogens is 218 g/mol. The molecule has 6 heteroatoms. The summed E-state index contributed by atoms with van der Waals surface area (Å²) in [5.74, 6) is 0.0801. The zero-order valence-corrected chi connectivity index (χ0v) is 9.58. The average Bonchev–Trinajstić information content (AvgIpc) is 2.76. The standard InChI is InChI=1S/C11H13N5O/c1-15-7-3-5-9(11(15)17)16-13-8-4-2-6-12-10(8)14-16/h2,4,6,9H,3,5,7H2,1H3. The summed E-state index contributed by atoms with van der Waals surface area (Å²) < 4.78 is 0. The van der Waals surface area contributed by atoms with Crippen LogP contribution in [0.4, 0.5) is 0 Å². The van der Waals surface area contributed by atoms with Crippen molar-refractivity contribution in [2.75, 3.05) is 13.6 Å². The van der Waals surface area contributed by atoms with Crippen LogP contribution in [0.1, 0.15) is 18.9 Å². The Bertz CT molecular complexity index is 531. The summed E-state index contributed by atoms with van der Waals surface area (Å²) >= 11 is 0. The van der Waals surface area contributed by atoms with Gasteiger partial charge in [-0.05, 0) is 25.0 Å². The molecule has 1 aliphatic heterocycles. The quantitative estimate of drug-likeness (QED) is 0.721. The lowest BCUT2D eigenvalue weighted by Gasteiger charge is -2.28. The molecule has 3 rings (SSSR count). The van der Waals surface area contributed by atoms with E-state index >= 15 is 0 Å². The zero-order valence-electron chi connectivity index (χ0n) is 9.58. The molecule has 1 fully saturated rings. The number of fused-ring (bicyclic) bond motifs is 1. The van der Waals surface area contributed by atoms with Gasteiger partial charge in [-0.15, -0.1) is 5.10 Å². The molecule has 0 N–H and O–H groups in total. The number of likely N-dealkylation sites (N-methyl/N-ethyl adjacent to an activating group) is 1. The van der Waals surface area contributed by atoms with Gasteiger partial charge >= 0.3 is 0 Å². The van der Waals surface area contributed by atoms with Crippen LogP contribution in [0.5, 0.6) is 0 Å². The Kier molecular flexibility index (Phi) is 2.28. The molecule has 0 aromatic carbocycles. The third-order valence-electron chi connectivity index (χ3n) is 3.08. The summed E-state index contributed by atoms with van der Waals surface area (Å²) in [5.41, 5.74) is 1.32. The fourth-order valence-corrected chi connectivity index (χ4v) is 2.14. The number of pyridine rings is 1. The van der Waals surface area contributed by atoms with E-state index in [0.29, 0.717) is 5.65 Å². The Morgan fingerprint density at radius 1 is 1.41 bits per heavy atom. The van der Waals surface area contributed by atoms with E-state index in [1.54, 1.807) is 11.1 Å². The molecule has 1 amide bonds. The van der Waals surface area contributed by atoms with Gasteiger partial charge < -0.3 is 4.90 Å². The highest BCUT2D eigenvalue weighted by molar-refractivity contribution is 5.81. The first-order valence-electron chi connectivity index (χ1n) is 5.68. The van der Waals surface area contributed by atoms with Crippen molar-refractivity contribution in [2.24, 2.45) is 0 Å². The Morgan fingerprint density at radius 3 is 3.12 bits per heavy atom. The van der Waals surface area contributed by atoms with Gasteiger partial charge in [0.25, 0.3) is 0 Å². The minimum Gasteiger partial charge on any atom is -0.344 e. The van der Waals surface area contributed by atoms with E-state index in [4.69, 9.17) is 0 Å². The SMILES string of the molecule is CN1CCCC(n2nc3cccnc3n2)C1=O. The van der Waals surface area contributed by atoms with Crippen molar-refractivity contribution >= 4 is 17.1 Å². The lowest BCUT2D eigenvalue weighted by atomic mass is 10.1. The van der Waals surface area contributed by atoms with Crippen LogP contribution in [0.25, 0.3) is 11.2 Å². The van der Waals surface area contributed by atoms with Crippen molar-refractivity contribution in [3.63, 3.8) is 0 Å². The Labute approximate surface area is 98.2 Å². The topological polar surface area (TPSA) is 63.9 Å². The van der Waals surface area contributed by atoms with E-state index < -0.39 is 0 Å². The van der Waals surface area contributed by atoms with Gasteiger partial charge in [0.05, 0.1) is 0 Å². The van der Waals surface area contributed by atoms with Gasteiger partial charge in [-0.3, -0.25) is 4.79 Å². The van der Waals surface area contributed by atoms with Crippen LogP contribution in [0.15, 0.2) is 18.3 Å². The van der Waals surface area contributed by atoms with Crippen molar-refractivity contribution in [1.29, 1.82) is 0 Å². The average molecular weight is 231 g/mol. The predicted molar refractivity (Wildman–Crippen MR) is 61.2 cm³/mol.